The molecular weight excluding hydrogens is 390 g/mol. The summed E-state index contributed by atoms with van der Waals surface area (Å²) in [6.45, 7) is 2.90. The first-order valence-electron chi connectivity index (χ1n) is 9.52. The van der Waals surface area contributed by atoms with Crippen molar-refractivity contribution in [2.75, 3.05) is 43.1 Å². The number of fused-ring (bicyclic) bond motifs is 1. The highest BCUT2D eigenvalue weighted by molar-refractivity contribution is 6.00. The number of aryl methyl sites for hydroxylation is 1. The third-order valence-electron chi connectivity index (χ3n) is 4.38. The van der Waals surface area contributed by atoms with Crippen LogP contribution >= 0.6 is 0 Å². The van der Waals surface area contributed by atoms with E-state index in [4.69, 9.17) is 0 Å². The van der Waals surface area contributed by atoms with Gasteiger partial charge in [-0.3, -0.25) is 5.32 Å². The van der Waals surface area contributed by atoms with Gasteiger partial charge in [0, 0.05) is 12.2 Å². The van der Waals surface area contributed by atoms with Crippen LogP contribution in [0.3, 0.4) is 0 Å². The molecule has 0 aliphatic heterocycles. The number of amides is 2. The number of benzene rings is 2. The Labute approximate surface area is 173 Å². The molecule has 30 heavy (non-hydrogen) atoms. The molecule has 0 aliphatic rings. The molecule has 0 fully saturated rings. The third kappa shape index (κ3) is 5.60. The van der Waals surface area contributed by atoms with Gasteiger partial charge in [-0.1, -0.05) is 12.1 Å². The van der Waals surface area contributed by atoms with E-state index in [1.54, 1.807) is 24.3 Å². The first-order valence-corrected chi connectivity index (χ1v) is 9.52. The number of anilines is 3. The smallest absolute Gasteiger partial charge is 0.326 e. The van der Waals surface area contributed by atoms with E-state index in [1.807, 2.05) is 19.0 Å². The van der Waals surface area contributed by atoms with Crippen molar-refractivity contribution in [1.82, 2.24) is 14.9 Å². The predicted octanol–water partition coefficient (Wildman–Crippen LogP) is 4.22. The molecule has 0 unspecified atom stereocenters. The number of rotatable bonds is 7. The molecule has 2 aromatic carbocycles. The van der Waals surface area contributed by atoms with Crippen LogP contribution in [-0.2, 0) is 0 Å². The summed E-state index contributed by atoms with van der Waals surface area (Å²) in [5, 5.41) is 9.64. The minimum Gasteiger partial charge on any atom is -0.367 e. The predicted molar refractivity (Wildman–Crippen MR) is 115 cm³/mol. The number of halogens is 2. The molecule has 3 aromatic rings. The lowest BCUT2D eigenvalue weighted by atomic mass is 10.1. The molecule has 0 spiro atoms. The van der Waals surface area contributed by atoms with Crippen molar-refractivity contribution in [1.29, 1.82) is 0 Å². The lowest BCUT2D eigenvalue weighted by Gasteiger charge is -2.13. The summed E-state index contributed by atoms with van der Waals surface area (Å²) in [7, 11) is 3.92. The average molecular weight is 414 g/mol. The van der Waals surface area contributed by atoms with Crippen molar-refractivity contribution >= 4 is 34.3 Å². The first kappa shape index (κ1) is 21.4. The minimum atomic E-state index is -0.568. The highest BCUT2D eigenvalue weighted by atomic mass is 19.1. The Bertz CT molecular complexity index is 1060. The summed E-state index contributed by atoms with van der Waals surface area (Å²) in [5.74, 6) is -0.836. The summed E-state index contributed by atoms with van der Waals surface area (Å²) in [6.07, 6.45) is 0.810. The van der Waals surface area contributed by atoms with Gasteiger partial charge in [-0.15, -0.1) is 0 Å². The van der Waals surface area contributed by atoms with Crippen LogP contribution in [0.1, 0.15) is 12.1 Å². The van der Waals surface area contributed by atoms with Gasteiger partial charge in [0.15, 0.2) is 11.6 Å². The number of carbonyl (C=O) groups excluding carboxylic acids is 1. The molecule has 9 heteroatoms. The molecule has 1 heterocycles. The molecule has 0 aliphatic carbocycles. The normalized spacial score (nSPS) is 11.0. The number of hydrogen-bond donors (Lipinski definition) is 3. The van der Waals surface area contributed by atoms with Gasteiger partial charge in [-0.25, -0.2) is 18.6 Å². The molecule has 1 aromatic heterocycles. The van der Waals surface area contributed by atoms with E-state index in [0.29, 0.717) is 12.2 Å². The Hall–Kier alpha value is -3.33. The van der Waals surface area contributed by atoms with Crippen LogP contribution in [0.5, 0.6) is 0 Å². The van der Waals surface area contributed by atoms with Crippen LogP contribution in [-0.4, -0.2) is 48.1 Å². The zero-order valence-corrected chi connectivity index (χ0v) is 17.1. The van der Waals surface area contributed by atoms with Gasteiger partial charge in [-0.2, -0.15) is 4.98 Å². The second-order valence-corrected chi connectivity index (χ2v) is 7.16. The lowest BCUT2D eigenvalue weighted by Crippen LogP contribution is -2.22. The van der Waals surface area contributed by atoms with Crippen molar-refractivity contribution < 1.29 is 13.6 Å². The van der Waals surface area contributed by atoms with Crippen molar-refractivity contribution in [3.63, 3.8) is 0 Å². The molecule has 3 rings (SSSR count). The fourth-order valence-corrected chi connectivity index (χ4v) is 2.89. The Morgan fingerprint density at radius 3 is 2.53 bits per heavy atom. The maximum Gasteiger partial charge on any atom is 0.326 e. The first-order chi connectivity index (χ1) is 14.3. The Kier molecular flexibility index (Phi) is 6.73. The van der Waals surface area contributed by atoms with E-state index in [9.17, 15) is 13.6 Å². The van der Waals surface area contributed by atoms with Gasteiger partial charge in [0.2, 0.25) is 5.95 Å². The Morgan fingerprint density at radius 2 is 1.77 bits per heavy atom. The minimum absolute atomic E-state index is 0.00984. The summed E-state index contributed by atoms with van der Waals surface area (Å²) >= 11 is 0. The van der Waals surface area contributed by atoms with Gasteiger partial charge >= 0.3 is 6.03 Å². The summed E-state index contributed by atoms with van der Waals surface area (Å²) in [6, 6.07) is 8.94. The quantitative estimate of drug-likeness (QED) is 0.504. The number of aromatic nitrogens is 2. The highest BCUT2D eigenvalue weighted by Gasteiger charge is 2.13. The van der Waals surface area contributed by atoms with Crippen LogP contribution in [0.25, 0.3) is 10.8 Å². The van der Waals surface area contributed by atoms with E-state index < -0.39 is 11.8 Å². The molecule has 2 amide bonds. The lowest BCUT2D eigenvalue weighted by molar-refractivity contribution is 0.262. The van der Waals surface area contributed by atoms with Gasteiger partial charge in [0.1, 0.15) is 5.82 Å². The standard InChI is InChI=1S/C21H24F2N6O/c1-13-18(23)19(24-9-4-10-29(2)3)27-20(25-13)28-21(30)26-17-8-6-14-11-16(22)7-5-15(14)12-17/h5-8,11-12H,4,9-10H2,1-3H3,(H3,24,25,26,27,28,30). The second kappa shape index (κ2) is 9.45. The second-order valence-electron chi connectivity index (χ2n) is 7.16. The maximum absolute atomic E-state index is 14.3. The monoisotopic (exact) mass is 414 g/mol. The SMILES string of the molecule is Cc1nc(NC(=O)Nc2ccc3cc(F)ccc3c2)nc(NCCCN(C)C)c1F. The number of nitrogens with zero attached hydrogens (tertiary/aromatic N) is 3. The maximum atomic E-state index is 14.3. The molecular formula is C21H24F2N6O. The zero-order valence-electron chi connectivity index (χ0n) is 17.1. The highest BCUT2D eigenvalue weighted by Crippen LogP contribution is 2.21. The molecule has 3 N–H and O–H groups in total. The van der Waals surface area contributed by atoms with E-state index in [2.05, 4.69) is 25.9 Å². The summed E-state index contributed by atoms with van der Waals surface area (Å²) in [5.41, 5.74) is 0.649. The van der Waals surface area contributed by atoms with Crippen LogP contribution in [0.4, 0.5) is 31.0 Å². The molecule has 0 atom stereocenters. The molecule has 0 radical (unpaired) electrons. The number of carbonyl (C=O) groups is 1. The number of urea groups is 1. The van der Waals surface area contributed by atoms with Crippen molar-refractivity contribution in [2.24, 2.45) is 0 Å². The van der Waals surface area contributed by atoms with Crippen LogP contribution < -0.4 is 16.0 Å². The van der Waals surface area contributed by atoms with E-state index >= 15 is 0 Å². The van der Waals surface area contributed by atoms with Gasteiger partial charge in [-0.05, 0) is 69.0 Å². The average Bonchev–Trinajstić information content (AvgIpc) is 2.68. The Morgan fingerprint density at radius 1 is 1.03 bits per heavy atom. The van der Waals surface area contributed by atoms with E-state index in [-0.39, 0.29) is 23.3 Å². The Balaban J connectivity index is 1.66. The van der Waals surface area contributed by atoms with Crippen LogP contribution in [0.2, 0.25) is 0 Å². The third-order valence-corrected chi connectivity index (χ3v) is 4.38. The van der Waals surface area contributed by atoms with Gasteiger partial charge in [0.05, 0.1) is 5.69 Å². The van der Waals surface area contributed by atoms with Crippen LogP contribution in [0, 0.1) is 18.6 Å². The van der Waals surface area contributed by atoms with Gasteiger partial charge < -0.3 is 15.5 Å². The largest absolute Gasteiger partial charge is 0.367 e. The topological polar surface area (TPSA) is 82.2 Å². The zero-order chi connectivity index (χ0) is 21.7. The van der Waals surface area contributed by atoms with Crippen LogP contribution in [0.15, 0.2) is 36.4 Å². The number of hydrogen-bond acceptors (Lipinski definition) is 5. The molecule has 0 saturated heterocycles. The molecule has 0 bridgehead atoms. The molecule has 158 valence electrons. The van der Waals surface area contributed by atoms with E-state index in [1.165, 1.54) is 19.1 Å². The van der Waals surface area contributed by atoms with Gasteiger partial charge in [0.25, 0.3) is 0 Å². The summed E-state index contributed by atoms with van der Waals surface area (Å²) < 4.78 is 27.6. The molecule has 0 saturated carbocycles. The summed E-state index contributed by atoms with van der Waals surface area (Å²) in [4.78, 5) is 22.4. The molecule has 7 nitrogen and oxygen atoms in total. The fourth-order valence-electron chi connectivity index (χ4n) is 2.89. The van der Waals surface area contributed by atoms with Crippen molar-refractivity contribution in [2.45, 2.75) is 13.3 Å². The fraction of sp³-hybridized carbons (Fsp3) is 0.286. The number of nitrogens with one attached hydrogen (secondary N) is 3. The van der Waals surface area contributed by atoms with Crippen molar-refractivity contribution in [3.05, 3.63) is 53.7 Å². The van der Waals surface area contributed by atoms with Crippen molar-refractivity contribution in [3.8, 4) is 0 Å². The van der Waals surface area contributed by atoms with E-state index in [0.717, 1.165) is 23.7 Å².